The Morgan fingerprint density at radius 2 is 1.76 bits per heavy atom. The molecule has 0 bridgehead atoms. The van der Waals surface area contributed by atoms with E-state index in [2.05, 4.69) is 26.1 Å². The molecular formula is C15H33NO. The summed E-state index contributed by atoms with van der Waals surface area (Å²) < 4.78 is 5.80. The molecule has 2 atom stereocenters. The fourth-order valence-corrected chi connectivity index (χ4v) is 2.13. The first-order chi connectivity index (χ1) is 8.28. The molecule has 0 spiro atoms. The van der Waals surface area contributed by atoms with Crippen LogP contribution < -0.4 is 5.32 Å². The fourth-order valence-electron chi connectivity index (χ4n) is 2.13. The Hall–Kier alpha value is -0.0800. The van der Waals surface area contributed by atoms with Crippen molar-refractivity contribution in [2.75, 3.05) is 20.3 Å². The van der Waals surface area contributed by atoms with Gasteiger partial charge in [-0.05, 0) is 38.6 Å². The van der Waals surface area contributed by atoms with Crippen LogP contribution in [-0.2, 0) is 4.74 Å². The largest absolute Gasteiger partial charge is 0.381 e. The van der Waals surface area contributed by atoms with Gasteiger partial charge in [-0.2, -0.15) is 0 Å². The first-order valence-corrected chi connectivity index (χ1v) is 7.53. The average molecular weight is 243 g/mol. The molecule has 0 fully saturated rings. The molecule has 0 aliphatic heterocycles. The number of unbranched alkanes of at least 4 members (excludes halogenated alkanes) is 1. The minimum atomic E-state index is 0.667. The van der Waals surface area contributed by atoms with Crippen LogP contribution in [0.1, 0.15) is 65.7 Å². The van der Waals surface area contributed by atoms with Crippen molar-refractivity contribution >= 4 is 0 Å². The summed E-state index contributed by atoms with van der Waals surface area (Å²) in [5.74, 6) is 0.779. The molecule has 1 N–H and O–H groups in total. The third-order valence-electron chi connectivity index (χ3n) is 3.64. The van der Waals surface area contributed by atoms with E-state index in [1.165, 1.54) is 44.9 Å². The van der Waals surface area contributed by atoms with E-state index in [1.54, 1.807) is 0 Å². The smallest absolute Gasteiger partial charge is 0.0494 e. The van der Waals surface area contributed by atoms with E-state index in [-0.39, 0.29) is 0 Å². The Kier molecular flexibility index (Phi) is 12.3. The van der Waals surface area contributed by atoms with Gasteiger partial charge in [0.25, 0.3) is 0 Å². The van der Waals surface area contributed by atoms with Gasteiger partial charge in [-0.1, -0.05) is 40.0 Å². The van der Waals surface area contributed by atoms with Crippen molar-refractivity contribution in [3.8, 4) is 0 Å². The standard InChI is InChI=1S/C15H33NO/c1-5-8-10-14(6-2)13-17-12-9-11-15(7-3)16-4/h14-16H,5-13H2,1-4H3. The van der Waals surface area contributed by atoms with E-state index < -0.39 is 0 Å². The summed E-state index contributed by atoms with van der Waals surface area (Å²) in [6, 6.07) is 0.667. The molecule has 2 nitrogen and oxygen atoms in total. The second-order valence-electron chi connectivity index (χ2n) is 5.03. The lowest BCUT2D eigenvalue weighted by Gasteiger charge is -2.16. The molecule has 17 heavy (non-hydrogen) atoms. The summed E-state index contributed by atoms with van der Waals surface area (Å²) in [4.78, 5) is 0. The van der Waals surface area contributed by atoms with Crippen molar-refractivity contribution in [3.63, 3.8) is 0 Å². The summed E-state index contributed by atoms with van der Waals surface area (Å²) in [5, 5.41) is 3.33. The van der Waals surface area contributed by atoms with Gasteiger partial charge in [0, 0.05) is 19.3 Å². The SMILES string of the molecule is CCCCC(CC)COCCCC(CC)NC. The minimum absolute atomic E-state index is 0.667. The van der Waals surface area contributed by atoms with Gasteiger partial charge in [-0.3, -0.25) is 0 Å². The monoisotopic (exact) mass is 243 g/mol. The Labute approximate surface area is 109 Å². The van der Waals surface area contributed by atoms with Crippen LogP contribution in [0.25, 0.3) is 0 Å². The Morgan fingerprint density at radius 3 is 2.29 bits per heavy atom. The first-order valence-electron chi connectivity index (χ1n) is 7.53. The van der Waals surface area contributed by atoms with Crippen LogP contribution in [0.3, 0.4) is 0 Å². The Balaban J connectivity index is 3.41. The lowest BCUT2D eigenvalue weighted by molar-refractivity contribution is 0.0896. The average Bonchev–Trinajstić information content (AvgIpc) is 2.37. The number of hydrogen-bond acceptors (Lipinski definition) is 2. The molecule has 0 saturated heterocycles. The van der Waals surface area contributed by atoms with Crippen molar-refractivity contribution in [1.82, 2.24) is 5.32 Å². The normalized spacial score (nSPS) is 14.8. The van der Waals surface area contributed by atoms with Gasteiger partial charge < -0.3 is 10.1 Å². The van der Waals surface area contributed by atoms with E-state index >= 15 is 0 Å². The zero-order valence-electron chi connectivity index (χ0n) is 12.4. The maximum Gasteiger partial charge on any atom is 0.0494 e. The molecule has 0 rings (SSSR count). The van der Waals surface area contributed by atoms with E-state index in [0.29, 0.717) is 6.04 Å². The predicted octanol–water partition coefficient (Wildman–Crippen LogP) is 4.00. The quantitative estimate of drug-likeness (QED) is 0.523. The maximum atomic E-state index is 5.80. The van der Waals surface area contributed by atoms with Gasteiger partial charge in [0.15, 0.2) is 0 Å². The highest BCUT2D eigenvalue weighted by Crippen LogP contribution is 2.13. The first kappa shape index (κ1) is 16.9. The third-order valence-corrected chi connectivity index (χ3v) is 3.64. The summed E-state index contributed by atoms with van der Waals surface area (Å²) >= 11 is 0. The van der Waals surface area contributed by atoms with Gasteiger partial charge in [-0.25, -0.2) is 0 Å². The van der Waals surface area contributed by atoms with Gasteiger partial charge in [0.05, 0.1) is 0 Å². The molecular weight excluding hydrogens is 210 g/mol. The Bertz CT molecular complexity index is 146. The van der Waals surface area contributed by atoms with Gasteiger partial charge in [0.2, 0.25) is 0 Å². The zero-order chi connectivity index (χ0) is 12.9. The van der Waals surface area contributed by atoms with E-state index in [4.69, 9.17) is 4.74 Å². The van der Waals surface area contributed by atoms with Crippen LogP contribution in [-0.4, -0.2) is 26.3 Å². The number of hydrogen-bond donors (Lipinski definition) is 1. The van der Waals surface area contributed by atoms with Crippen LogP contribution in [0.5, 0.6) is 0 Å². The predicted molar refractivity (Wildman–Crippen MR) is 76.5 cm³/mol. The van der Waals surface area contributed by atoms with E-state index in [1.807, 2.05) is 7.05 Å². The van der Waals surface area contributed by atoms with Gasteiger partial charge in [-0.15, -0.1) is 0 Å². The van der Waals surface area contributed by atoms with Crippen LogP contribution in [0, 0.1) is 5.92 Å². The molecule has 0 amide bonds. The van der Waals surface area contributed by atoms with Crippen molar-refractivity contribution < 1.29 is 4.74 Å². The molecule has 0 aromatic heterocycles. The Morgan fingerprint density at radius 1 is 1.00 bits per heavy atom. The minimum Gasteiger partial charge on any atom is -0.381 e. The number of ether oxygens (including phenoxy) is 1. The summed E-state index contributed by atoms with van der Waals surface area (Å²) in [6.45, 7) is 8.67. The topological polar surface area (TPSA) is 21.3 Å². The third kappa shape index (κ3) is 9.61. The molecule has 0 aliphatic rings. The van der Waals surface area contributed by atoms with Crippen LogP contribution in [0.2, 0.25) is 0 Å². The molecule has 0 heterocycles. The second-order valence-corrected chi connectivity index (χ2v) is 5.03. The van der Waals surface area contributed by atoms with Crippen molar-refractivity contribution in [3.05, 3.63) is 0 Å². The van der Waals surface area contributed by atoms with Gasteiger partial charge in [0.1, 0.15) is 0 Å². The zero-order valence-corrected chi connectivity index (χ0v) is 12.4. The molecule has 0 aliphatic carbocycles. The molecule has 0 radical (unpaired) electrons. The van der Waals surface area contributed by atoms with Crippen molar-refractivity contribution in [2.24, 2.45) is 5.92 Å². The van der Waals surface area contributed by atoms with E-state index in [0.717, 1.165) is 19.1 Å². The fraction of sp³-hybridized carbons (Fsp3) is 1.00. The highest BCUT2D eigenvalue weighted by molar-refractivity contribution is 4.61. The molecule has 0 aromatic carbocycles. The van der Waals surface area contributed by atoms with Crippen molar-refractivity contribution in [1.29, 1.82) is 0 Å². The second kappa shape index (κ2) is 12.4. The highest BCUT2D eigenvalue weighted by atomic mass is 16.5. The molecule has 2 heteroatoms. The summed E-state index contributed by atoms with van der Waals surface area (Å²) in [5.41, 5.74) is 0. The molecule has 2 unspecified atom stereocenters. The van der Waals surface area contributed by atoms with E-state index in [9.17, 15) is 0 Å². The molecule has 0 aromatic rings. The summed E-state index contributed by atoms with van der Waals surface area (Å²) in [7, 11) is 2.05. The summed E-state index contributed by atoms with van der Waals surface area (Å²) in [6.07, 6.45) is 8.87. The highest BCUT2D eigenvalue weighted by Gasteiger charge is 2.06. The van der Waals surface area contributed by atoms with Crippen LogP contribution >= 0.6 is 0 Å². The molecule has 104 valence electrons. The lowest BCUT2D eigenvalue weighted by atomic mass is 10.0. The lowest BCUT2D eigenvalue weighted by Crippen LogP contribution is -2.24. The van der Waals surface area contributed by atoms with Crippen LogP contribution in [0.4, 0.5) is 0 Å². The number of nitrogens with one attached hydrogen (secondary N) is 1. The van der Waals surface area contributed by atoms with Gasteiger partial charge >= 0.3 is 0 Å². The molecule has 0 saturated carbocycles. The number of rotatable bonds is 12. The maximum absolute atomic E-state index is 5.80. The van der Waals surface area contributed by atoms with Crippen LogP contribution in [0.15, 0.2) is 0 Å². The van der Waals surface area contributed by atoms with Crippen molar-refractivity contribution in [2.45, 2.75) is 71.8 Å².